The van der Waals surface area contributed by atoms with Crippen molar-refractivity contribution in [2.45, 2.75) is 19.8 Å². The van der Waals surface area contributed by atoms with Gasteiger partial charge < -0.3 is 5.32 Å². The second-order valence-electron chi connectivity index (χ2n) is 3.26. The molecule has 0 amide bonds. The molecule has 88 valence electrons. The predicted octanol–water partition coefficient (Wildman–Crippen LogP) is 0.271. The minimum Gasteiger partial charge on any atom is -0.320 e. The van der Waals surface area contributed by atoms with Gasteiger partial charge in [-0.15, -0.1) is 6.42 Å². The van der Waals surface area contributed by atoms with Crippen LogP contribution in [0.1, 0.15) is 19.8 Å². The number of nitrogens with zero attached hydrogens (tertiary/aromatic N) is 1. The Balaban J connectivity index is 4.10. The highest BCUT2D eigenvalue weighted by Gasteiger charge is 2.18. The summed E-state index contributed by atoms with van der Waals surface area (Å²) < 4.78 is 24.8. The maximum Gasteiger partial charge on any atom is 0.214 e. The summed E-state index contributed by atoms with van der Waals surface area (Å²) in [6.07, 6.45) is 6.65. The summed E-state index contributed by atoms with van der Waals surface area (Å²) in [5, 5.41) is 2.98. The van der Waals surface area contributed by atoms with Crippen LogP contribution in [0, 0.1) is 12.3 Å². The molecule has 5 heteroatoms. The van der Waals surface area contributed by atoms with Crippen molar-refractivity contribution in [2.24, 2.45) is 0 Å². The van der Waals surface area contributed by atoms with E-state index in [1.165, 1.54) is 4.31 Å². The van der Waals surface area contributed by atoms with Crippen molar-refractivity contribution < 1.29 is 8.42 Å². The quantitative estimate of drug-likeness (QED) is 0.483. The zero-order valence-electron chi connectivity index (χ0n) is 9.49. The first-order valence-corrected chi connectivity index (χ1v) is 6.75. The van der Waals surface area contributed by atoms with Crippen LogP contribution in [0.25, 0.3) is 0 Å². The summed E-state index contributed by atoms with van der Waals surface area (Å²) in [6, 6.07) is 0. The van der Waals surface area contributed by atoms with Gasteiger partial charge in [-0.1, -0.05) is 12.8 Å². The van der Waals surface area contributed by atoms with Gasteiger partial charge in [0.15, 0.2) is 0 Å². The molecule has 0 atom stereocenters. The third-order valence-electron chi connectivity index (χ3n) is 2.09. The van der Waals surface area contributed by atoms with Crippen molar-refractivity contribution in [2.75, 3.05) is 32.4 Å². The van der Waals surface area contributed by atoms with Gasteiger partial charge in [0.1, 0.15) is 0 Å². The van der Waals surface area contributed by atoms with Crippen LogP contribution < -0.4 is 5.32 Å². The Morgan fingerprint density at radius 2 is 2.07 bits per heavy atom. The molecule has 0 radical (unpaired) electrons. The van der Waals surface area contributed by atoms with Crippen LogP contribution in [-0.2, 0) is 10.0 Å². The molecule has 0 aliphatic rings. The third kappa shape index (κ3) is 5.78. The average Bonchev–Trinajstić information content (AvgIpc) is 2.20. The number of rotatable bonds is 8. The SMILES string of the molecule is C#CCN(CC)S(=O)(=O)CCCCNC. The van der Waals surface area contributed by atoms with Gasteiger partial charge in [0.25, 0.3) is 0 Å². The number of unbranched alkanes of at least 4 members (excludes halogenated alkanes) is 1. The molecule has 0 saturated carbocycles. The van der Waals surface area contributed by atoms with Gasteiger partial charge in [-0.3, -0.25) is 0 Å². The lowest BCUT2D eigenvalue weighted by atomic mass is 10.3. The zero-order chi connectivity index (χ0) is 11.7. The van der Waals surface area contributed by atoms with E-state index in [0.29, 0.717) is 13.0 Å². The predicted molar refractivity (Wildman–Crippen MR) is 63.0 cm³/mol. The maximum atomic E-state index is 11.7. The third-order valence-corrected chi connectivity index (χ3v) is 4.07. The first kappa shape index (κ1) is 14.4. The molecule has 0 fully saturated rings. The van der Waals surface area contributed by atoms with E-state index in [0.717, 1.165) is 13.0 Å². The lowest BCUT2D eigenvalue weighted by Crippen LogP contribution is -2.33. The van der Waals surface area contributed by atoms with Gasteiger partial charge in [-0.05, 0) is 26.4 Å². The van der Waals surface area contributed by atoms with Gasteiger partial charge in [0.2, 0.25) is 10.0 Å². The van der Waals surface area contributed by atoms with E-state index in [-0.39, 0.29) is 12.3 Å². The van der Waals surface area contributed by atoms with Crippen molar-refractivity contribution in [3.05, 3.63) is 0 Å². The fourth-order valence-electron chi connectivity index (χ4n) is 1.22. The first-order chi connectivity index (χ1) is 7.08. The van der Waals surface area contributed by atoms with E-state index in [1.807, 2.05) is 7.05 Å². The van der Waals surface area contributed by atoms with Gasteiger partial charge in [0, 0.05) is 6.54 Å². The van der Waals surface area contributed by atoms with Gasteiger partial charge in [-0.25, -0.2) is 8.42 Å². The summed E-state index contributed by atoms with van der Waals surface area (Å²) in [4.78, 5) is 0. The van der Waals surface area contributed by atoms with Gasteiger partial charge >= 0.3 is 0 Å². The standard InChI is InChI=1S/C10H20N2O2S/c1-4-9-12(5-2)15(13,14)10-7-6-8-11-3/h1,11H,5-10H2,2-3H3. The summed E-state index contributed by atoms with van der Waals surface area (Å²) >= 11 is 0. The molecule has 0 aliphatic heterocycles. The van der Waals surface area contributed by atoms with Crippen LogP contribution in [-0.4, -0.2) is 45.2 Å². The molecule has 0 saturated heterocycles. The number of hydrogen-bond acceptors (Lipinski definition) is 3. The van der Waals surface area contributed by atoms with E-state index < -0.39 is 10.0 Å². The molecule has 0 aliphatic carbocycles. The number of terminal acetylenes is 1. The molecule has 0 aromatic heterocycles. The fraction of sp³-hybridized carbons (Fsp3) is 0.800. The topological polar surface area (TPSA) is 49.4 Å². The van der Waals surface area contributed by atoms with Crippen LogP contribution in [0.15, 0.2) is 0 Å². The highest BCUT2D eigenvalue weighted by molar-refractivity contribution is 7.89. The van der Waals surface area contributed by atoms with Crippen LogP contribution >= 0.6 is 0 Å². The van der Waals surface area contributed by atoms with Crippen LogP contribution in [0.3, 0.4) is 0 Å². The molecular weight excluding hydrogens is 212 g/mol. The Kier molecular flexibility index (Phi) is 7.39. The maximum absolute atomic E-state index is 11.7. The molecule has 0 aromatic carbocycles. The fourth-order valence-corrected chi connectivity index (χ4v) is 2.72. The highest BCUT2D eigenvalue weighted by atomic mass is 32.2. The molecule has 0 bridgehead atoms. The Morgan fingerprint density at radius 1 is 1.40 bits per heavy atom. The van der Waals surface area contributed by atoms with Gasteiger partial charge in [0.05, 0.1) is 12.3 Å². The normalized spacial score (nSPS) is 11.6. The zero-order valence-corrected chi connectivity index (χ0v) is 10.3. The number of hydrogen-bond donors (Lipinski definition) is 1. The lowest BCUT2D eigenvalue weighted by molar-refractivity contribution is 0.462. The summed E-state index contributed by atoms with van der Waals surface area (Å²) in [6.45, 7) is 3.25. The van der Waals surface area contributed by atoms with E-state index >= 15 is 0 Å². The Bertz CT molecular complexity index is 293. The van der Waals surface area contributed by atoms with Gasteiger partial charge in [-0.2, -0.15) is 4.31 Å². The summed E-state index contributed by atoms with van der Waals surface area (Å²) in [5.41, 5.74) is 0. The van der Waals surface area contributed by atoms with E-state index in [2.05, 4.69) is 11.2 Å². The first-order valence-electron chi connectivity index (χ1n) is 5.14. The molecule has 0 rings (SSSR count). The molecular formula is C10H20N2O2S. The lowest BCUT2D eigenvalue weighted by Gasteiger charge is -2.17. The molecule has 0 spiro atoms. The second-order valence-corrected chi connectivity index (χ2v) is 5.35. The molecule has 4 nitrogen and oxygen atoms in total. The van der Waals surface area contributed by atoms with E-state index in [1.54, 1.807) is 6.92 Å². The minimum atomic E-state index is -3.15. The van der Waals surface area contributed by atoms with Crippen molar-refractivity contribution in [1.82, 2.24) is 9.62 Å². The smallest absolute Gasteiger partial charge is 0.214 e. The van der Waals surface area contributed by atoms with E-state index in [4.69, 9.17) is 6.42 Å². The highest BCUT2D eigenvalue weighted by Crippen LogP contribution is 2.03. The van der Waals surface area contributed by atoms with Crippen LogP contribution in [0.2, 0.25) is 0 Å². The summed E-state index contributed by atoms with van der Waals surface area (Å²) in [7, 11) is -1.30. The largest absolute Gasteiger partial charge is 0.320 e. The number of sulfonamides is 1. The second kappa shape index (κ2) is 7.69. The average molecular weight is 232 g/mol. The summed E-state index contributed by atoms with van der Waals surface area (Å²) in [5.74, 6) is 2.55. The molecule has 1 N–H and O–H groups in total. The monoisotopic (exact) mass is 232 g/mol. The van der Waals surface area contributed by atoms with E-state index in [9.17, 15) is 8.42 Å². The molecule has 15 heavy (non-hydrogen) atoms. The van der Waals surface area contributed by atoms with Crippen LogP contribution in [0.5, 0.6) is 0 Å². The molecule has 0 unspecified atom stereocenters. The minimum absolute atomic E-state index is 0.171. The molecule has 0 aromatic rings. The Hall–Kier alpha value is -0.570. The van der Waals surface area contributed by atoms with Crippen molar-refractivity contribution in [3.8, 4) is 12.3 Å². The van der Waals surface area contributed by atoms with Crippen LogP contribution in [0.4, 0.5) is 0 Å². The Labute approximate surface area is 93.1 Å². The van der Waals surface area contributed by atoms with Crippen molar-refractivity contribution in [1.29, 1.82) is 0 Å². The Morgan fingerprint density at radius 3 is 2.53 bits per heavy atom. The molecule has 0 heterocycles. The van der Waals surface area contributed by atoms with Crippen molar-refractivity contribution >= 4 is 10.0 Å². The van der Waals surface area contributed by atoms with Crippen molar-refractivity contribution in [3.63, 3.8) is 0 Å². The number of nitrogens with one attached hydrogen (secondary N) is 1.